The Hall–Kier alpha value is -0.0300. The van der Waals surface area contributed by atoms with Crippen molar-refractivity contribution >= 4 is 22.0 Å². The summed E-state index contributed by atoms with van der Waals surface area (Å²) in [7, 11) is -2.30. The van der Waals surface area contributed by atoms with Crippen LogP contribution in [0.1, 0.15) is 13.3 Å². The molecule has 0 heterocycles. The van der Waals surface area contributed by atoms with Gasteiger partial charge in [0.25, 0.3) is 10.2 Å². The van der Waals surface area contributed by atoms with Crippen molar-refractivity contribution in [3.8, 4) is 0 Å². The molecule has 0 unspecified atom stereocenters. The summed E-state index contributed by atoms with van der Waals surface area (Å²) >= 11 is -0.245. The van der Waals surface area contributed by atoms with E-state index in [1.165, 1.54) is 7.05 Å². The van der Waals surface area contributed by atoms with Crippen LogP contribution in [0, 0.1) is 0 Å². The fourth-order valence-electron chi connectivity index (χ4n) is 1.17. The molecule has 5 nitrogen and oxygen atoms in total. The number of hydrogen-bond acceptors (Lipinski definition) is 4. The van der Waals surface area contributed by atoms with E-state index < -0.39 is 15.7 Å². The van der Waals surface area contributed by atoms with Crippen LogP contribution in [0.4, 0.5) is 13.2 Å². The van der Waals surface area contributed by atoms with E-state index in [0.717, 1.165) is 10.8 Å². The van der Waals surface area contributed by atoms with Gasteiger partial charge < -0.3 is 5.32 Å². The van der Waals surface area contributed by atoms with E-state index in [1.54, 1.807) is 0 Å². The second-order valence-electron chi connectivity index (χ2n) is 3.72. The van der Waals surface area contributed by atoms with Crippen molar-refractivity contribution in [2.24, 2.45) is 0 Å². The number of thioether (sulfide) groups is 1. The lowest BCUT2D eigenvalue weighted by Gasteiger charge is -2.17. The SMILES string of the molecule is CCNCCCN(C)S(=O)(=O)NCCSC(F)(F)F. The van der Waals surface area contributed by atoms with Crippen molar-refractivity contribution in [2.75, 3.05) is 39.0 Å². The van der Waals surface area contributed by atoms with Crippen LogP contribution in [0.25, 0.3) is 0 Å². The Labute approximate surface area is 116 Å². The molecule has 0 aliphatic heterocycles. The predicted molar refractivity (Wildman–Crippen MR) is 71.2 cm³/mol. The summed E-state index contributed by atoms with van der Waals surface area (Å²) in [6.07, 6.45) is 0.641. The third kappa shape index (κ3) is 10.4. The summed E-state index contributed by atoms with van der Waals surface area (Å²) < 4.78 is 62.0. The molecule has 0 saturated heterocycles. The first kappa shape index (κ1) is 19.0. The molecule has 10 heteroatoms. The highest BCUT2D eigenvalue weighted by atomic mass is 32.2. The molecule has 116 valence electrons. The van der Waals surface area contributed by atoms with Crippen molar-refractivity contribution in [2.45, 2.75) is 18.9 Å². The molecule has 0 aliphatic rings. The van der Waals surface area contributed by atoms with Gasteiger partial charge in [-0.05, 0) is 31.3 Å². The number of nitrogens with zero attached hydrogens (tertiary/aromatic N) is 1. The van der Waals surface area contributed by atoms with Gasteiger partial charge >= 0.3 is 5.51 Å². The van der Waals surface area contributed by atoms with Gasteiger partial charge in [0.2, 0.25) is 0 Å². The monoisotopic (exact) mass is 323 g/mol. The van der Waals surface area contributed by atoms with Gasteiger partial charge in [0.05, 0.1) is 0 Å². The molecule has 0 amide bonds. The average Bonchev–Trinajstić information content (AvgIpc) is 2.29. The van der Waals surface area contributed by atoms with Gasteiger partial charge in [-0.15, -0.1) is 0 Å². The number of halogens is 3. The van der Waals surface area contributed by atoms with Gasteiger partial charge in [0.15, 0.2) is 0 Å². The van der Waals surface area contributed by atoms with Crippen molar-refractivity contribution in [1.29, 1.82) is 0 Å². The molecule has 0 aromatic rings. The molecule has 0 fully saturated rings. The predicted octanol–water partition coefficient (Wildman–Crippen LogP) is 1.01. The minimum absolute atomic E-state index is 0.245. The lowest BCUT2D eigenvalue weighted by molar-refractivity contribution is -0.0327. The first-order chi connectivity index (χ1) is 8.69. The maximum Gasteiger partial charge on any atom is 0.441 e. The van der Waals surface area contributed by atoms with Crippen LogP contribution in [0.2, 0.25) is 0 Å². The van der Waals surface area contributed by atoms with Crippen LogP contribution in [-0.2, 0) is 10.2 Å². The average molecular weight is 323 g/mol. The molecule has 2 N–H and O–H groups in total. The highest BCUT2D eigenvalue weighted by Gasteiger charge is 2.27. The molecule has 0 aromatic carbocycles. The highest BCUT2D eigenvalue weighted by Crippen LogP contribution is 2.29. The van der Waals surface area contributed by atoms with E-state index in [9.17, 15) is 21.6 Å². The fourth-order valence-corrected chi connectivity index (χ4v) is 2.69. The van der Waals surface area contributed by atoms with E-state index in [2.05, 4.69) is 10.0 Å². The Balaban J connectivity index is 3.89. The topological polar surface area (TPSA) is 61.4 Å². The minimum atomic E-state index is -4.33. The van der Waals surface area contributed by atoms with Crippen LogP contribution >= 0.6 is 11.8 Å². The van der Waals surface area contributed by atoms with Crippen molar-refractivity contribution in [1.82, 2.24) is 14.3 Å². The molecule has 19 heavy (non-hydrogen) atoms. The normalized spacial score (nSPS) is 13.2. The number of nitrogens with one attached hydrogen (secondary N) is 2. The molecule has 0 rings (SSSR count). The van der Waals surface area contributed by atoms with Gasteiger partial charge in [0, 0.05) is 25.9 Å². The third-order valence-corrected chi connectivity index (χ3v) is 4.45. The summed E-state index contributed by atoms with van der Waals surface area (Å²) in [6, 6.07) is 0. The molecule has 0 radical (unpaired) electrons. The molecule has 0 spiro atoms. The second kappa shape index (κ2) is 9.01. The largest absolute Gasteiger partial charge is 0.441 e. The zero-order valence-electron chi connectivity index (χ0n) is 11.0. The minimum Gasteiger partial charge on any atom is -0.317 e. The maximum absolute atomic E-state index is 11.8. The van der Waals surface area contributed by atoms with Crippen molar-refractivity contribution < 1.29 is 21.6 Å². The van der Waals surface area contributed by atoms with Crippen LogP contribution in [-0.4, -0.2) is 57.2 Å². The van der Waals surface area contributed by atoms with Gasteiger partial charge in [-0.3, -0.25) is 0 Å². The Morgan fingerprint density at radius 2 is 1.89 bits per heavy atom. The van der Waals surface area contributed by atoms with E-state index in [1.807, 2.05) is 6.92 Å². The number of hydrogen-bond donors (Lipinski definition) is 2. The number of alkyl halides is 3. The van der Waals surface area contributed by atoms with E-state index in [4.69, 9.17) is 0 Å². The molecule has 0 aliphatic carbocycles. The maximum atomic E-state index is 11.8. The molecular weight excluding hydrogens is 303 g/mol. The standard InChI is InChI=1S/C9H20F3N3O2S2/c1-3-13-5-4-7-15(2)19(16,17)14-6-8-18-9(10,11)12/h13-14H,3-8H2,1-2H3. The van der Waals surface area contributed by atoms with Crippen LogP contribution in [0.5, 0.6) is 0 Å². The molecular formula is C9H20F3N3O2S2. The lowest BCUT2D eigenvalue weighted by Crippen LogP contribution is -2.40. The Morgan fingerprint density at radius 3 is 2.42 bits per heavy atom. The Bertz CT molecular complexity index is 336. The quantitative estimate of drug-likeness (QED) is 0.589. The zero-order chi connectivity index (χ0) is 14.9. The van der Waals surface area contributed by atoms with Crippen molar-refractivity contribution in [3.05, 3.63) is 0 Å². The van der Waals surface area contributed by atoms with Gasteiger partial charge in [-0.25, -0.2) is 4.72 Å². The Kier molecular flexibility index (Phi) is 8.99. The van der Waals surface area contributed by atoms with E-state index in [-0.39, 0.29) is 24.1 Å². The van der Waals surface area contributed by atoms with Gasteiger partial charge in [0.1, 0.15) is 0 Å². The van der Waals surface area contributed by atoms with Gasteiger partial charge in [-0.1, -0.05) is 6.92 Å². The van der Waals surface area contributed by atoms with Crippen LogP contribution in [0.15, 0.2) is 0 Å². The Morgan fingerprint density at radius 1 is 1.26 bits per heavy atom. The smallest absolute Gasteiger partial charge is 0.317 e. The van der Waals surface area contributed by atoms with Crippen LogP contribution < -0.4 is 10.0 Å². The van der Waals surface area contributed by atoms with Crippen LogP contribution in [0.3, 0.4) is 0 Å². The molecule has 0 atom stereocenters. The summed E-state index contributed by atoms with van der Waals surface area (Å²) in [4.78, 5) is 0. The van der Waals surface area contributed by atoms with E-state index in [0.29, 0.717) is 19.5 Å². The highest BCUT2D eigenvalue weighted by molar-refractivity contribution is 8.00. The summed E-state index contributed by atoms with van der Waals surface area (Å²) in [5.41, 5.74) is -4.33. The first-order valence-corrected chi connectivity index (χ1v) is 8.24. The molecule has 0 bridgehead atoms. The molecule has 0 saturated carbocycles. The summed E-state index contributed by atoms with van der Waals surface area (Å²) in [5, 5.41) is 3.05. The van der Waals surface area contributed by atoms with E-state index >= 15 is 0 Å². The third-order valence-electron chi connectivity index (χ3n) is 2.14. The van der Waals surface area contributed by atoms with Crippen molar-refractivity contribution in [3.63, 3.8) is 0 Å². The fraction of sp³-hybridized carbons (Fsp3) is 1.00. The molecule has 0 aromatic heterocycles. The summed E-state index contributed by atoms with van der Waals surface area (Å²) in [5.74, 6) is -0.339. The summed E-state index contributed by atoms with van der Waals surface area (Å²) in [6.45, 7) is 3.52. The zero-order valence-corrected chi connectivity index (χ0v) is 12.6. The second-order valence-corrected chi connectivity index (χ2v) is 6.74. The lowest BCUT2D eigenvalue weighted by atomic mass is 10.4. The first-order valence-electron chi connectivity index (χ1n) is 5.81. The number of rotatable bonds is 10. The van der Waals surface area contributed by atoms with Gasteiger partial charge in [-0.2, -0.15) is 25.9 Å².